The van der Waals surface area contributed by atoms with Crippen molar-refractivity contribution in [3.8, 4) is 11.5 Å². The summed E-state index contributed by atoms with van der Waals surface area (Å²) in [5, 5.41) is 7.52. The van der Waals surface area contributed by atoms with Crippen LogP contribution in [0, 0.1) is 5.82 Å². The Bertz CT molecular complexity index is 1450. The molecule has 0 fully saturated rings. The lowest BCUT2D eigenvalue weighted by atomic mass is 10.2. The predicted octanol–water partition coefficient (Wildman–Crippen LogP) is 3.29. The summed E-state index contributed by atoms with van der Waals surface area (Å²) < 4.78 is 16.7. The topological polar surface area (TPSA) is 97.6 Å². The molecule has 152 valence electrons. The minimum Gasteiger partial charge on any atom is -0.322 e. The van der Waals surface area contributed by atoms with E-state index in [0.29, 0.717) is 33.7 Å². The van der Waals surface area contributed by atoms with E-state index in [-0.39, 0.29) is 11.4 Å². The normalized spacial score (nSPS) is 11.0. The fraction of sp³-hybridized carbons (Fsp3) is 0. The summed E-state index contributed by atoms with van der Waals surface area (Å²) in [5.74, 6) is -0.275. The van der Waals surface area contributed by atoms with Crippen LogP contribution in [0.2, 0.25) is 0 Å². The molecule has 5 aromatic rings. The van der Waals surface area contributed by atoms with E-state index in [9.17, 15) is 14.0 Å². The molecule has 2 aromatic carbocycles. The lowest BCUT2D eigenvalue weighted by Gasteiger charge is -2.11. The maximum absolute atomic E-state index is 13.4. The van der Waals surface area contributed by atoms with Crippen molar-refractivity contribution in [1.82, 2.24) is 24.3 Å². The van der Waals surface area contributed by atoms with Gasteiger partial charge in [0.05, 0.1) is 29.1 Å². The third-order valence-electron chi connectivity index (χ3n) is 4.81. The first-order valence-corrected chi connectivity index (χ1v) is 9.36. The van der Waals surface area contributed by atoms with Gasteiger partial charge in [-0.25, -0.2) is 14.1 Å². The second kappa shape index (κ2) is 7.38. The van der Waals surface area contributed by atoms with Crippen molar-refractivity contribution >= 4 is 22.5 Å². The van der Waals surface area contributed by atoms with Gasteiger partial charge in [-0.05, 0) is 54.6 Å². The number of hydrogen-bond donors (Lipinski definition) is 2. The van der Waals surface area contributed by atoms with E-state index in [4.69, 9.17) is 0 Å². The van der Waals surface area contributed by atoms with Crippen LogP contribution >= 0.6 is 0 Å². The summed E-state index contributed by atoms with van der Waals surface area (Å²) in [6.07, 6.45) is 6.35. The Morgan fingerprint density at radius 2 is 1.84 bits per heavy atom. The summed E-state index contributed by atoms with van der Waals surface area (Å²) >= 11 is 0. The van der Waals surface area contributed by atoms with Crippen molar-refractivity contribution in [2.24, 2.45) is 0 Å². The number of anilines is 1. The Morgan fingerprint density at radius 1 is 1.06 bits per heavy atom. The van der Waals surface area contributed by atoms with Crippen molar-refractivity contribution in [3.63, 3.8) is 0 Å². The Kier molecular flexibility index (Phi) is 4.40. The number of halogens is 1. The molecular formula is C22H15FN6O2. The van der Waals surface area contributed by atoms with E-state index in [1.54, 1.807) is 52.0 Å². The van der Waals surface area contributed by atoms with Crippen LogP contribution < -0.4 is 10.9 Å². The number of hydrogen-bond acceptors (Lipinski definition) is 4. The Hall–Kier alpha value is -4.53. The monoisotopic (exact) mass is 414 g/mol. The number of aromatic amines is 1. The average Bonchev–Trinajstić information content (AvgIpc) is 3.44. The number of fused-ring (bicyclic) bond motifs is 1. The fourth-order valence-corrected chi connectivity index (χ4v) is 3.34. The molecule has 0 aliphatic heterocycles. The number of nitrogens with zero attached hydrogens (tertiary/aromatic N) is 4. The molecule has 9 heteroatoms. The lowest BCUT2D eigenvalue weighted by Crippen LogP contribution is -2.16. The van der Waals surface area contributed by atoms with Crippen LogP contribution in [0.4, 0.5) is 10.1 Å². The largest absolute Gasteiger partial charge is 0.322 e. The summed E-state index contributed by atoms with van der Waals surface area (Å²) in [6.45, 7) is 0. The minimum absolute atomic E-state index is 0.293. The van der Waals surface area contributed by atoms with Gasteiger partial charge in [0, 0.05) is 18.1 Å². The van der Waals surface area contributed by atoms with Gasteiger partial charge in [0.25, 0.3) is 11.5 Å². The summed E-state index contributed by atoms with van der Waals surface area (Å²) in [6, 6.07) is 14.4. The van der Waals surface area contributed by atoms with Crippen molar-refractivity contribution in [3.05, 3.63) is 101 Å². The zero-order valence-electron chi connectivity index (χ0n) is 16.0. The zero-order chi connectivity index (χ0) is 21.4. The molecule has 0 atom stereocenters. The molecule has 0 saturated heterocycles. The average molecular weight is 414 g/mol. The Morgan fingerprint density at radius 3 is 2.61 bits per heavy atom. The second-order valence-electron chi connectivity index (χ2n) is 6.78. The molecule has 0 spiro atoms. The van der Waals surface area contributed by atoms with Gasteiger partial charge in [-0.15, -0.1) is 0 Å². The van der Waals surface area contributed by atoms with Gasteiger partial charge in [-0.3, -0.25) is 9.59 Å². The van der Waals surface area contributed by atoms with E-state index in [2.05, 4.69) is 20.4 Å². The molecule has 3 aromatic heterocycles. The van der Waals surface area contributed by atoms with Crippen LogP contribution in [0.3, 0.4) is 0 Å². The van der Waals surface area contributed by atoms with Gasteiger partial charge in [0.1, 0.15) is 11.4 Å². The Labute approximate surface area is 174 Å². The van der Waals surface area contributed by atoms with Gasteiger partial charge in [0.2, 0.25) is 0 Å². The quantitative estimate of drug-likeness (QED) is 0.472. The molecule has 0 aliphatic carbocycles. The second-order valence-corrected chi connectivity index (χ2v) is 6.78. The first kappa shape index (κ1) is 18.5. The maximum Gasteiger partial charge on any atom is 0.261 e. The summed E-state index contributed by atoms with van der Waals surface area (Å²) in [7, 11) is 0. The smallest absolute Gasteiger partial charge is 0.261 e. The lowest BCUT2D eigenvalue weighted by molar-refractivity contribution is 0.102. The van der Waals surface area contributed by atoms with Crippen molar-refractivity contribution in [2.45, 2.75) is 0 Å². The number of H-pyrrole nitrogens is 1. The maximum atomic E-state index is 13.4. The van der Waals surface area contributed by atoms with Gasteiger partial charge in [-0.1, -0.05) is 0 Å². The predicted molar refractivity (Wildman–Crippen MR) is 113 cm³/mol. The number of aromatic nitrogens is 5. The molecule has 8 nitrogen and oxygen atoms in total. The minimum atomic E-state index is -0.406. The molecule has 31 heavy (non-hydrogen) atoms. The first-order valence-electron chi connectivity index (χ1n) is 9.36. The standard InChI is InChI=1S/C22H15FN6O2/c23-14-3-6-16(7-4-14)29-22(28-9-1-2-10-28)18(12-26-29)21(31)27-15-5-8-19-17(11-15)20(30)25-13-24-19/h1-13H,(H,27,31)(H,24,25,30). The number of benzene rings is 2. The molecule has 0 radical (unpaired) electrons. The highest BCUT2D eigenvalue weighted by Gasteiger charge is 2.20. The third kappa shape index (κ3) is 3.38. The van der Waals surface area contributed by atoms with E-state index >= 15 is 0 Å². The molecule has 0 aliphatic rings. The first-order chi connectivity index (χ1) is 15.1. The van der Waals surface area contributed by atoms with Crippen LogP contribution in [0.15, 0.2) is 84.3 Å². The van der Waals surface area contributed by atoms with Crippen LogP contribution in [0.25, 0.3) is 22.4 Å². The molecule has 3 heterocycles. The SMILES string of the molecule is O=C(Nc1ccc2nc[nH]c(=O)c2c1)c1cnn(-c2ccc(F)cc2)c1-n1cccc1. The highest BCUT2D eigenvalue weighted by molar-refractivity contribution is 6.07. The van der Waals surface area contributed by atoms with Crippen LogP contribution in [-0.4, -0.2) is 30.2 Å². The van der Waals surface area contributed by atoms with E-state index < -0.39 is 5.91 Å². The number of rotatable bonds is 4. The van der Waals surface area contributed by atoms with E-state index in [1.807, 2.05) is 12.1 Å². The number of carbonyl (C=O) groups is 1. The third-order valence-corrected chi connectivity index (χ3v) is 4.81. The Balaban J connectivity index is 1.55. The number of carbonyl (C=O) groups excluding carboxylic acids is 1. The van der Waals surface area contributed by atoms with E-state index in [1.165, 1.54) is 24.7 Å². The highest BCUT2D eigenvalue weighted by Crippen LogP contribution is 2.22. The molecule has 1 amide bonds. The number of nitrogens with one attached hydrogen (secondary N) is 2. The van der Waals surface area contributed by atoms with Crippen LogP contribution in [-0.2, 0) is 0 Å². The molecule has 0 bridgehead atoms. The van der Waals surface area contributed by atoms with Gasteiger partial charge in [0.15, 0.2) is 5.82 Å². The fourth-order valence-electron chi connectivity index (χ4n) is 3.34. The van der Waals surface area contributed by atoms with Gasteiger partial charge in [-0.2, -0.15) is 5.10 Å². The zero-order valence-corrected chi connectivity index (χ0v) is 16.0. The van der Waals surface area contributed by atoms with Gasteiger partial charge < -0.3 is 14.9 Å². The van der Waals surface area contributed by atoms with Crippen molar-refractivity contribution < 1.29 is 9.18 Å². The van der Waals surface area contributed by atoms with Crippen molar-refractivity contribution in [2.75, 3.05) is 5.32 Å². The molecule has 2 N–H and O–H groups in total. The molecule has 5 rings (SSSR count). The molecule has 0 unspecified atom stereocenters. The van der Waals surface area contributed by atoms with Crippen LogP contribution in [0.1, 0.15) is 10.4 Å². The van der Waals surface area contributed by atoms with Crippen LogP contribution in [0.5, 0.6) is 0 Å². The highest BCUT2D eigenvalue weighted by atomic mass is 19.1. The number of amides is 1. The molecular weight excluding hydrogens is 399 g/mol. The summed E-state index contributed by atoms with van der Waals surface area (Å²) in [5.41, 5.74) is 1.59. The summed E-state index contributed by atoms with van der Waals surface area (Å²) in [4.78, 5) is 31.8. The molecule has 0 saturated carbocycles. The van der Waals surface area contributed by atoms with Gasteiger partial charge >= 0.3 is 0 Å². The van der Waals surface area contributed by atoms with E-state index in [0.717, 1.165) is 0 Å². The van der Waals surface area contributed by atoms with Crippen molar-refractivity contribution in [1.29, 1.82) is 0 Å².